The Kier molecular flexibility index (Phi) is 11.6. The summed E-state index contributed by atoms with van der Waals surface area (Å²) in [6, 6.07) is 6.18. The van der Waals surface area contributed by atoms with Crippen LogP contribution in [0.25, 0.3) is 0 Å². The molecule has 1 aromatic carbocycles. The molecule has 0 saturated carbocycles. The summed E-state index contributed by atoms with van der Waals surface area (Å²) in [5.74, 6) is 1.48. The molecule has 1 fully saturated rings. The smallest absolute Gasteiger partial charge is 0.191 e. The highest BCUT2D eigenvalue weighted by Gasteiger charge is 2.14. The van der Waals surface area contributed by atoms with Gasteiger partial charge in [0.25, 0.3) is 0 Å². The maximum Gasteiger partial charge on any atom is 0.191 e. The van der Waals surface area contributed by atoms with Crippen LogP contribution in [0.3, 0.4) is 0 Å². The topological polar surface area (TPSA) is 58.1 Å². The zero-order valence-corrected chi connectivity index (χ0v) is 18.7. The lowest BCUT2D eigenvalue weighted by atomic mass is 10.1. The molecular formula is C19H32FIN4O2. The Bertz CT molecular complexity index is 570. The van der Waals surface area contributed by atoms with Crippen LogP contribution < -0.4 is 15.4 Å². The van der Waals surface area contributed by atoms with Gasteiger partial charge >= 0.3 is 0 Å². The van der Waals surface area contributed by atoms with Gasteiger partial charge in [-0.3, -0.25) is 9.89 Å². The summed E-state index contributed by atoms with van der Waals surface area (Å²) in [5, 5.41) is 6.60. The molecule has 0 spiro atoms. The van der Waals surface area contributed by atoms with Crippen molar-refractivity contribution >= 4 is 29.9 Å². The van der Waals surface area contributed by atoms with Gasteiger partial charge in [0.05, 0.1) is 19.8 Å². The van der Waals surface area contributed by atoms with Crippen LogP contribution in [0.4, 0.5) is 4.39 Å². The first-order chi connectivity index (χ1) is 12.6. The number of morpholine rings is 1. The highest BCUT2D eigenvalue weighted by Crippen LogP contribution is 2.13. The molecule has 1 aliphatic rings. The molecule has 0 amide bonds. The van der Waals surface area contributed by atoms with E-state index in [-0.39, 0.29) is 35.9 Å². The Balaban J connectivity index is 0.00000364. The summed E-state index contributed by atoms with van der Waals surface area (Å²) in [4.78, 5) is 6.68. The molecule has 154 valence electrons. The number of nitrogens with zero attached hydrogens (tertiary/aromatic N) is 2. The zero-order chi connectivity index (χ0) is 18.8. The number of hydrogen-bond donors (Lipinski definition) is 2. The van der Waals surface area contributed by atoms with Crippen molar-refractivity contribution in [1.82, 2.24) is 15.5 Å². The summed E-state index contributed by atoms with van der Waals surface area (Å²) in [7, 11) is 1.75. The monoisotopic (exact) mass is 494 g/mol. The Morgan fingerprint density at radius 2 is 1.96 bits per heavy atom. The maximum atomic E-state index is 13.2. The van der Waals surface area contributed by atoms with Crippen LogP contribution in [-0.2, 0) is 4.74 Å². The summed E-state index contributed by atoms with van der Waals surface area (Å²) < 4.78 is 24.3. The molecule has 8 heteroatoms. The van der Waals surface area contributed by atoms with Gasteiger partial charge < -0.3 is 20.1 Å². The molecule has 2 unspecified atom stereocenters. The number of hydrogen-bond acceptors (Lipinski definition) is 4. The number of rotatable bonds is 8. The maximum absolute atomic E-state index is 13.2. The lowest BCUT2D eigenvalue weighted by Gasteiger charge is -2.29. The highest BCUT2D eigenvalue weighted by atomic mass is 127. The van der Waals surface area contributed by atoms with Crippen LogP contribution in [0.5, 0.6) is 5.75 Å². The molecule has 0 aliphatic carbocycles. The first-order valence-corrected chi connectivity index (χ1v) is 9.23. The van der Waals surface area contributed by atoms with E-state index in [4.69, 9.17) is 9.47 Å². The molecule has 0 radical (unpaired) electrons. The van der Waals surface area contributed by atoms with Crippen LogP contribution in [0.2, 0.25) is 0 Å². The zero-order valence-electron chi connectivity index (χ0n) is 16.4. The second-order valence-corrected chi connectivity index (χ2v) is 6.74. The lowest BCUT2D eigenvalue weighted by Crippen LogP contribution is -2.45. The molecule has 2 N–H and O–H groups in total. The fourth-order valence-electron chi connectivity index (χ4n) is 2.84. The van der Waals surface area contributed by atoms with Gasteiger partial charge in [-0.05, 0) is 25.0 Å². The Morgan fingerprint density at radius 3 is 2.63 bits per heavy atom. The van der Waals surface area contributed by atoms with Crippen molar-refractivity contribution in [3.05, 3.63) is 30.1 Å². The minimum Gasteiger partial charge on any atom is -0.489 e. The van der Waals surface area contributed by atoms with Gasteiger partial charge in [-0.2, -0.15) is 0 Å². The van der Waals surface area contributed by atoms with E-state index in [1.807, 2.05) is 6.92 Å². The Morgan fingerprint density at radius 1 is 1.26 bits per heavy atom. The minimum atomic E-state index is -0.297. The van der Waals surface area contributed by atoms with Crippen molar-refractivity contribution in [3.8, 4) is 5.75 Å². The van der Waals surface area contributed by atoms with Gasteiger partial charge in [0.2, 0.25) is 0 Å². The summed E-state index contributed by atoms with van der Waals surface area (Å²) in [6.07, 6.45) is -0.110. The van der Waals surface area contributed by atoms with Gasteiger partial charge in [-0.25, -0.2) is 4.39 Å². The van der Waals surface area contributed by atoms with Crippen LogP contribution in [0, 0.1) is 11.7 Å². The van der Waals surface area contributed by atoms with E-state index in [0.29, 0.717) is 18.2 Å². The predicted octanol–water partition coefficient (Wildman–Crippen LogP) is 2.34. The normalized spacial score (nSPS) is 17.6. The number of halogens is 2. The van der Waals surface area contributed by atoms with E-state index < -0.39 is 0 Å². The van der Waals surface area contributed by atoms with Crippen LogP contribution in [0.1, 0.15) is 13.8 Å². The van der Waals surface area contributed by atoms with Crippen molar-refractivity contribution < 1.29 is 13.9 Å². The SMILES string of the molecule is CN=C(NCC(C)CN1CCOCC1)NCC(C)Oc1cccc(F)c1.I. The van der Waals surface area contributed by atoms with E-state index in [0.717, 1.165) is 45.4 Å². The average Bonchev–Trinajstić information content (AvgIpc) is 2.62. The number of nitrogens with one attached hydrogen (secondary N) is 2. The van der Waals surface area contributed by atoms with Crippen molar-refractivity contribution in [2.75, 3.05) is 53.0 Å². The minimum absolute atomic E-state index is 0. The highest BCUT2D eigenvalue weighted by molar-refractivity contribution is 14.0. The van der Waals surface area contributed by atoms with E-state index >= 15 is 0 Å². The van der Waals surface area contributed by atoms with Gasteiger partial charge in [0.15, 0.2) is 5.96 Å². The second kappa shape index (κ2) is 13.1. The molecule has 1 aliphatic heterocycles. The average molecular weight is 494 g/mol. The van der Waals surface area contributed by atoms with Gasteiger partial charge in [0, 0.05) is 39.3 Å². The third kappa shape index (κ3) is 9.57. The fourth-order valence-corrected chi connectivity index (χ4v) is 2.84. The van der Waals surface area contributed by atoms with Gasteiger partial charge in [-0.15, -0.1) is 24.0 Å². The lowest BCUT2D eigenvalue weighted by molar-refractivity contribution is 0.0320. The Hall–Kier alpha value is -1.13. The quantitative estimate of drug-likeness (QED) is 0.330. The van der Waals surface area contributed by atoms with Crippen molar-refractivity contribution in [1.29, 1.82) is 0 Å². The first-order valence-electron chi connectivity index (χ1n) is 9.23. The molecule has 1 aromatic rings. The molecule has 2 atom stereocenters. The number of guanidine groups is 1. The second-order valence-electron chi connectivity index (χ2n) is 6.74. The molecule has 0 bridgehead atoms. The number of aliphatic imine (C=N–C) groups is 1. The van der Waals surface area contributed by atoms with E-state index in [2.05, 4.69) is 27.4 Å². The van der Waals surface area contributed by atoms with E-state index in [1.54, 1.807) is 19.2 Å². The third-order valence-electron chi connectivity index (χ3n) is 4.21. The predicted molar refractivity (Wildman–Crippen MR) is 118 cm³/mol. The standard InChI is InChI=1S/C19H31FN4O2.HI/c1-15(14-24-7-9-25-10-8-24)12-22-19(21-3)23-13-16(2)26-18-6-4-5-17(20)11-18;/h4-6,11,15-16H,7-10,12-14H2,1-3H3,(H2,21,22,23);1H. The van der Waals surface area contributed by atoms with Gasteiger partial charge in [-0.1, -0.05) is 13.0 Å². The molecule has 6 nitrogen and oxygen atoms in total. The molecule has 2 rings (SSSR count). The molecule has 1 heterocycles. The van der Waals surface area contributed by atoms with Crippen molar-refractivity contribution in [2.45, 2.75) is 20.0 Å². The molecular weight excluding hydrogens is 462 g/mol. The number of benzene rings is 1. The first kappa shape index (κ1) is 23.9. The van der Waals surface area contributed by atoms with Crippen LogP contribution in [0.15, 0.2) is 29.3 Å². The van der Waals surface area contributed by atoms with Crippen molar-refractivity contribution in [2.24, 2.45) is 10.9 Å². The molecule has 1 saturated heterocycles. The van der Waals surface area contributed by atoms with Crippen molar-refractivity contribution in [3.63, 3.8) is 0 Å². The van der Waals surface area contributed by atoms with Gasteiger partial charge in [0.1, 0.15) is 17.7 Å². The van der Waals surface area contributed by atoms with Crippen LogP contribution >= 0.6 is 24.0 Å². The van der Waals surface area contributed by atoms with E-state index in [1.165, 1.54) is 12.1 Å². The summed E-state index contributed by atoms with van der Waals surface area (Å²) in [6.45, 7) is 10.3. The fraction of sp³-hybridized carbons (Fsp3) is 0.632. The Labute approximate surface area is 178 Å². The summed E-state index contributed by atoms with van der Waals surface area (Å²) in [5.41, 5.74) is 0. The molecule has 27 heavy (non-hydrogen) atoms. The number of ether oxygens (including phenoxy) is 2. The van der Waals surface area contributed by atoms with E-state index in [9.17, 15) is 4.39 Å². The third-order valence-corrected chi connectivity index (χ3v) is 4.21. The van der Waals surface area contributed by atoms with Crippen LogP contribution in [-0.4, -0.2) is 69.9 Å². The summed E-state index contributed by atoms with van der Waals surface area (Å²) >= 11 is 0. The molecule has 0 aromatic heterocycles. The largest absolute Gasteiger partial charge is 0.489 e.